The largest absolute Gasteiger partial charge is 0.469 e. The summed E-state index contributed by atoms with van der Waals surface area (Å²) in [4.78, 5) is 11.0. The Morgan fingerprint density at radius 2 is 2.25 bits per heavy atom. The molecular formula is C9H17NO2. The van der Waals surface area contributed by atoms with Gasteiger partial charge in [0.25, 0.3) is 0 Å². The lowest BCUT2D eigenvalue weighted by Gasteiger charge is -2.19. The van der Waals surface area contributed by atoms with Crippen LogP contribution in [0.2, 0.25) is 0 Å². The van der Waals surface area contributed by atoms with E-state index in [-0.39, 0.29) is 5.97 Å². The summed E-state index contributed by atoms with van der Waals surface area (Å²) in [7, 11) is 1.42. The molecule has 0 bridgehead atoms. The van der Waals surface area contributed by atoms with Crippen LogP contribution in [0, 0.1) is 11.3 Å². The Balaban J connectivity index is 2.41. The van der Waals surface area contributed by atoms with E-state index >= 15 is 0 Å². The van der Waals surface area contributed by atoms with Crippen LogP contribution < -0.4 is 5.73 Å². The van der Waals surface area contributed by atoms with Crippen LogP contribution >= 0.6 is 0 Å². The molecule has 0 aromatic rings. The molecule has 1 unspecified atom stereocenters. The maximum Gasteiger partial charge on any atom is 0.305 e. The normalized spacial score (nSPS) is 21.6. The van der Waals surface area contributed by atoms with Crippen LogP contribution in [0.15, 0.2) is 0 Å². The summed E-state index contributed by atoms with van der Waals surface area (Å²) in [5, 5.41) is 0. The van der Waals surface area contributed by atoms with Gasteiger partial charge in [0.2, 0.25) is 0 Å². The lowest BCUT2D eigenvalue weighted by Crippen LogP contribution is -2.25. The molecule has 1 atom stereocenters. The minimum atomic E-state index is -0.140. The van der Waals surface area contributed by atoms with Gasteiger partial charge in [0, 0.05) is 0 Å². The summed E-state index contributed by atoms with van der Waals surface area (Å²) in [6.07, 6.45) is 2.88. The van der Waals surface area contributed by atoms with Crippen LogP contribution in [0.3, 0.4) is 0 Å². The van der Waals surface area contributed by atoms with E-state index < -0.39 is 0 Å². The Hall–Kier alpha value is -0.570. The van der Waals surface area contributed by atoms with Gasteiger partial charge in [0.1, 0.15) is 0 Å². The molecule has 3 heteroatoms. The van der Waals surface area contributed by atoms with Crippen LogP contribution in [0.5, 0.6) is 0 Å². The first-order valence-electron chi connectivity index (χ1n) is 4.39. The number of esters is 1. The van der Waals surface area contributed by atoms with E-state index in [9.17, 15) is 4.79 Å². The number of carbonyl (C=O) groups is 1. The Morgan fingerprint density at radius 3 is 2.58 bits per heavy atom. The number of rotatable bonds is 4. The molecule has 1 saturated carbocycles. The molecule has 0 aromatic heterocycles. The molecule has 0 aliphatic heterocycles. The Kier molecular flexibility index (Phi) is 2.73. The maximum absolute atomic E-state index is 11.0. The SMILES string of the molecule is COC(=O)CC(CN)C1(C)CC1. The van der Waals surface area contributed by atoms with E-state index in [1.54, 1.807) is 0 Å². The van der Waals surface area contributed by atoms with Crippen LogP contribution in [0.25, 0.3) is 0 Å². The first-order chi connectivity index (χ1) is 5.62. The second-order valence-electron chi connectivity index (χ2n) is 3.87. The topological polar surface area (TPSA) is 52.3 Å². The lowest BCUT2D eigenvalue weighted by atomic mass is 9.88. The van der Waals surface area contributed by atoms with Gasteiger partial charge in [-0.05, 0) is 30.7 Å². The zero-order valence-electron chi connectivity index (χ0n) is 7.80. The summed E-state index contributed by atoms with van der Waals surface area (Å²) in [5.41, 5.74) is 5.92. The van der Waals surface area contributed by atoms with Gasteiger partial charge in [-0.15, -0.1) is 0 Å². The van der Waals surface area contributed by atoms with Gasteiger partial charge in [-0.25, -0.2) is 0 Å². The zero-order chi connectivity index (χ0) is 9.19. The molecule has 2 N–H and O–H groups in total. The number of ether oxygens (including phenoxy) is 1. The van der Waals surface area contributed by atoms with E-state index in [4.69, 9.17) is 5.73 Å². The third kappa shape index (κ3) is 1.97. The van der Waals surface area contributed by atoms with Crippen molar-refractivity contribution in [2.75, 3.05) is 13.7 Å². The minimum Gasteiger partial charge on any atom is -0.469 e. The quantitative estimate of drug-likeness (QED) is 0.640. The van der Waals surface area contributed by atoms with Gasteiger partial charge in [-0.2, -0.15) is 0 Å². The number of hydrogen-bond acceptors (Lipinski definition) is 3. The summed E-state index contributed by atoms with van der Waals surface area (Å²) >= 11 is 0. The number of nitrogens with two attached hydrogens (primary N) is 1. The van der Waals surface area contributed by atoms with Crippen LogP contribution in [-0.2, 0) is 9.53 Å². The van der Waals surface area contributed by atoms with E-state index in [0.717, 1.165) is 0 Å². The smallest absolute Gasteiger partial charge is 0.305 e. The second-order valence-corrected chi connectivity index (χ2v) is 3.87. The van der Waals surface area contributed by atoms with Gasteiger partial charge in [-0.3, -0.25) is 4.79 Å². The van der Waals surface area contributed by atoms with Crippen molar-refractivity contribution in [2.45, 2.75) is 26.2 Å². The highest BCUT2D eigenvalue weighted by molar-refractivity contribution is 5.69. The number of hydrogen-bond donors (Lipinski definition) is 1. The average molecular weight is 171 g/mol. The highest BCUT2D eigenvalue weighted by Crippen LogP contribution is 2.52. The molecule has 1 fully saturated rings. The average Bonchev–Trinajstić information content (AvgIpc) is 2.79. The standard InChI is InChI=1S/C9H17NO2/c1-9(3-4-9)7(6-10)5-8(11)12-2/h7H,3-6,10H2,1-2H3. The van der Waals surface area contributed by atoms with Crippen molar-refractivity contribution in [3.63, 3.8) is 0 Å². The number of carbonyl (C=O) groups excluding carboxylic acids is 1. The minimum absolute atomic E-state index is 0.140. The molecule has 0 spiro atoms. The monoisotopic (exact) mass is 171 g/mol. The summed E-state index contributed by atoms with van der Waals surface area (Å²) in [6, 6.07) is 0. The second kappa shape index (κ2) is 3.44. The summed E-state index contributed by atoms with van der Waals surface area (Å²) in [6.45, 7) is 2.78. The van der Waals surface area contributed by atoms with E-state index in [0.29, 0.717) is 24.3 Å². The fourth-order valence-electron chi connectivity index (χ4n) is 1.50. The highest BCUT2D eigenvalue weighted by Gasteiger charge is 2.44. The molecule has 3 nitrogen and oxygen atoms in total. The molecule has 0 heterocycles. The zero-order valence-corrected chi connectivity index (χ0v) is 7.80. The van der Waals surface area contributed by atoms with E-state index in [1.165, 1.54) is 20.0 Å². The highest BCUT2D eigenvalue weighted by atomic mass is 16.5. The predicted octanol–water partition coefficient (Wildman–Crippen LogP) is 0.924. The molecule has 0 radical (unpaired) electrons. The van der Waals surface area contributed by atoms with E-state index in [1.807, 2.05) is 0 Å². The molecule has 1 rings (SSSR count). The first kappa shape index (κ1) is 9.52. The van der Waals surface area contributed by atoms with Gasteiger partial charge < -0.3 is 10.5 Å². The Bertz CT molecular complexity index is 175. The first-order valence-corrected chi connectivity index (χ1v) is 4.39. The predicted molar refractivity (Wildman–Crippen MR) is 46.5 cm³/mol. The van der Waals surface area contributed by atoms with Crippen molar-refractivity contribution in [3.8, 4) is 0 Å². The van der Waals surface area contributed by atoms with Crippen molar-refractivity contribution < 1.29 is 9.53 Å². The van der Waals surface area contributed by atoms with Gasteiger partial charge >= 0.3 is 5.97 Å². The Morgan fingerprint density at radius 1 is 1.67 bits per heavy atom. The third-order valence-corrected chi connectivity index (χ3v) is 2.95. The van der Waals surface area contributed by atoms with Crippen LogP contribution in [0.1, 0.15) is 26.2 Å². The van der Waals surface area contributed by atoms with Crippen molar-refractivity contribution in [2.24, 2.45) is 17.1 Å². The molecule has 0 saturated heterocycles. The lowest BCUT2D eigenvalue weighted by molar-refractivity contribution is -0.142. The maximum atomic E-state index is 11.0. The molecule has 1 aliphatic carbocycles. The van der Waals surface area contributed by atoms with Crippen molar-refractivity contribution >= 4 is 5.97 Å². The Labute approximate surface area is 73.3 Å². The molecule has 1 aliphatic rings. The molecule has 70 valence electrons. The fourth-order valence-corrected chi connectivity index (χ4v) is 1.50. The summed E-state index contributed by atoms with van der Waals surface area (Å²) < 4.78 is 4.61. The third-order valence-electron chi connectivity index (χ3n) is 2.95. The van der Waals surface area contributed by atoms with Gasteiger partial charge in [0.05, 0.1) is 13.5 Å². The van der Waals surface area contributed by atoms with Crippen molar-refractivity contribution in [3.05, 3.63) is 0 Å². The van der Waals surface area contributed by atoms with Crippen molar-refractivity contribution in [1.82, 2.24) is 0 Å². The molecule has 12 heavy (non-hydrogen) atoms. The van der Waals surface area contributed by atoms with Crippen LogP contribution in [-0.4, -0.2) is 19.6 Å². The van der Waals surface area contributed by atoms with Crippen LogP contribution in [0.4, 0.5) is 0 Å². The molecule has 0 amide bonds. The van der Waals surface area contributed by atoms with Crippen molar-refractivity contribution in [1.29, 1.82) is 0 Å². The van der Waals surface area contributed by atoms with E-state index in [2.05, 4.69) is 11.7 Å². The van der Waals surface area contributed by atoms with Gasteiger partial charge in [-0.1, -0.05) is 6.92 Å². The fraction of sp³-hybridized carbons (Fsp3) is 0.889. The molecular weight excluding hydrogens is 154 g/mol. The number of methoxy groups -OCH3 is 1. The van der Waals surface area contributed by atoms with Gasteiger partial charge in [0.15, 0.2) is 0 Å². The summed E-state index contributed by atoms with van der Waals surface area (Å²) in [5.74, 6) is 0.170. The molecule has 0 aromatic carbocycles.